The fourth-order valence-corrected chi connectivity index (χ4v) is 3.87. The Hall–Kier alpha value is -1.20. The highest BCUT2D eigenvalue weighted by Gasteiger charge is 2.37. The minimum absolute atomic E-state index is 0.613. The van der Waals surface area contributed by atoms with E-state index in [2.05, 4.69) is 11.0 Å². The number of hydrogen-bond donors (Lipinski definition) is 0. The number of piperidine rings is 1. The van der Waals surface area contributed by atoms with Gasteiger partial charge >= 0.3 is 0 Å². The minimum atomic E-state index is 0.613. The molecule has 0 radical (unpaired) electrons. The van der Waals surface area contributed by atoms with Crippen molar-refractivity contribution in [2.75, 3.05) is 18.0 Å². The molecule has 1 saturated carbocycles. The summed E-state index contributed by atoms with van der Waals surface area (Å²) in [4.78, 5) is 2.34. The lowest BCUT2D eigenvalue weighted by Crippen LogP contribution is -2.39. The van der Waals surface area contributed by atoms with Crippen LogP contribution in [0.15, 0.2) is 18.2 Å². The zero-order valence-corrected chi connectivity index (χ0v) is 11.9. The van der Waals surface area contributed by atoms with Crippen LogP contribution in [0.3, 0.4) is 0 Å². The molecule has 0 N–H and O–H groups in total. The molecule has 0 aromatic heterocycles. The molecule has 1 aromatic carbocycles. The number of hydrogen-bond acceptors (Lipinski definition) is 2. The van der Waals surface area contributed by atoms with Gasteiger partial charge in [-0.2, -0.15) is 5.26 Å². The second-order valence-corrected chi connectivity index (χ2v) is 6.40. The summed E-state index contributed by atoms with van der Waals surface area (Å²) in [6, 6.07) is 7.85. The van der Waals surface area contributed by atoms with Gasteiger partial charge < -0.3 is 4.90 Å². The third-order valence-electron chi connectivity index (χ3n) is 4.91. The number of nitrogens with zero attached hydrogens (tertiary/aromatic N) is 2. The van der Waals surface area contributed by atoms with Gasteiger partial charge in [-0.3, -0.25) is 0 Å². The van der Waals surface area contributed by atoms with Crippen molar-refractivity contribution in [1.82, 2.24) is 0 Å². The second-order valence-electron chi connectivity index (χ2n) is 5.97. The topological polar surface area (TPSA) is 27.0 Å². The average Bonchev–Trinajstić information content (AvgIpc) is 2.88. The van der Waals surface area contributed by atoms with Gasteiger partial charge in [-0.25, -0.2) is 0 Å². The molecule has 2 aliphatic rings. The van der Waals surface area contributed by atoms with E-state index in [1.54, 1.807) is 6.07 Å². The van der Waals surface area contributed by atoms with Gasteiger partial charge in [-0.05, 0) is 49.3 Å². The van der Waals surface area contributed by atoms with Crippen LogP contribution in [0, 0.1) is 16.7 Å². The lowest BCUT2D eigenvalue weighted by molar-refractivity contribution is 0.226. The Morgan fingerprint density at radius 1 is 1.11 bits per heavy atom. The van der Waals surface area contributed by atoms with E-state index in [4.69, 9.17) is 11.6 Å². The second kappa shape index (κ2) is 5.06. The number of benzene rings is 1. The van der Waals surface area contributed by atoms with Crippen LogP contribution in [0.1, 0.15) is 44.1 Å². The first-order valence-electron chi connectivity index (χ1n) is 7.17. The molecular formula is C16H19ClN2. The van der Waals surface area contributed by atoms with Crippen molar-refractivity contribution in [3.63, 3.8) is 0 Å². The molecule has 2 fully saturated rings. The Morgan fingerprint density at radius 2 is 1.79 bits per heavy atom. The molecule has 2 nitrogen and oxygen atoms in total. The van der Waals surface area contributed by atoms with Crippen molar-refractivity contribution in [1.29, 1.82) is 5.26 Å². The minimum Gasteiger partial charge on any atom is -0.370 e. The van der Waals surface area contributed by atoms with Crippen molar-refractivity contribution in [3.8, 4) is 6.07 Å². The Kier molecular flexibility index (Phi) is 3.41. The van der Waals surface area contributed by atoms with Crippen molar-refractivity contribution in [2.45, 2.75) is 38.5 Å². The molecule has 100 valence electrons. The molecule has 1 saturated heterocycles. The molecule has 0 bridgehead atoms. The zero-order chi connectivity index (χ0) is 13.3. The largest absolute Gasteiger partial charge is 0.370 e. The van der Waals surface area contributed by atoms with E-state index in [1.165, 1.54) is 38.5 Å². The SMILES string of the molecule is N#Cc1ccc(Cl)cc1N1CCC2(CCCC2)CC1. The third-order valence-corrected chi connectivity index (χ3v) is 5.14. The molecule has 0 unspecified atom stereocenters. The Bertz CT molecular complexity index is 502. The first-order valence-corrected chi connectivity index (χ1v) is 7.55. The van der Waals surface area contributed by atoms with E-state index in [-0.39, 0.29) is 0 Å². The van der Waals surface area contributed by atoms with Gasteiger partial charge in [-0.1, -0.05) is 24.4 Å². The average molecular weight is 275 g/mol. The summed E-state index contributed by atoms with van der Waals surface area (Å²) >= 11 is 6.08. The van der Waals surface area contributed by atoms with Gasteiger partial charge in [-0.15, -0.1) is 0 Å². The normalized spacial score (nSPS) is 21.6. The monoisotopic (exact) mass is 274 g/mol. The van der Waals surface area contributed by atoms with Crippen LogP contribution in [0.4, 0.5) is 5.69 Å². The fraction of sp³-hybridized carbons (Fsp3) is 0.562. The van der Waals surface area contributed by atoms with Crippen LogP contribution < -0.4 is 4.90 Å². The molecule has 1 spiro atoms. The van der Waals surface area contributed by atoms with Crippen LogP contribution in [0.25, 0.3) is 0 Å². The molecular weight excluding hydrogens is 256 g/mol. The van der Waals surface area contributed by atoms with Crippen molar-refractivity contribution in [3.05, 3.63) is 28.8 Å². The lowest BCUT2D eigenvalue weighted by atomic mass is 9.77. The van der Waals surface area contributed by atoms with Gasteiger partial charge in [0.05, 0.1) is 11.3 Å². The Balaban J connectivity index is 1.78. The van der Waals surface area contributed by atoms with Gasteiger partial charge in [0.2, 0.25) is 0 Å². The van der Waals surface area contributed by atoms with Crippen molar-refractivity contribution < 1.29 is 0 Å². The Labute approximate surface area is 120 Å². The predicted octanol–water partition coefficient (Wildman–Crippen LogP) is 4.37. The molecule has 19 heavy (non-hydrogen) atoms. The van der Waals surface area contributed by atoms with Gasteiger partial charge in [0.1, 0.15) is 6.07 Å². The van der Waals surface area contributed by atoms with Crippen LogP contribution in [-0.2, 0) is 0 Å². The smallest absolute Gasteiger partial charge is 0.101 e. The number of nitriles is 1. The molecule has 3 rings (SSSR count). The molecule has 1 aliphatic carbocycles. The highest BCUT2D eigenvalue weighted by molar-refractivity contribution is 6.30. The third kappa shape index (κ3) is 2.44. The number of anilines is 1. The fourth-order valence-electron chi connectivity index (χ4n) is 3.71. The zero-order valence-electron chi connectivity index (χ0n) is 11.2. The van der Waals surface area contributed by atoms with Crippen LogP contribution >= 0.6 is 11.6 Å². The van der Waals surface area contributed by atoms with Crippen molar-refractivity contribution in [2.24, 2.45) is 5.41 Å². The first kappa shape index (κ1) is 12.8. The predicted molar refractivity (Wildman–Crippen MR) is 78.5 cm³/mol. The van der Waals surface area contributed by atoms with E-state index in [0.717, 1.165) is 29.4 Å². The van der Waals surface area contributed by atoms with Crippen LogP contribution in [0.2, 0.25) is 5.02 Å². The Morgan fingerprint density at radius 3 is 2.42 bits per heavy atom. The van der Waals surface area contributed by atoms with E-state index in [1.807, 2.05) is 12.1 Å². The summed E-state index contributed by atoms with van der Waals surface area (Å²) in [7, 11) is 0. The summed E-state index contributed by atoms with van der Waals surface area (Å²) in [5.74, 6) is 0. The van der Waals surface area contributed by atoms with Gasteiger partial charge in [0.15, 0.2) is 0 Å². The molecule has 0 amide bonds. The molecule has 1 aliphatic heterocycles. The van der Waals surface area contributed by atoms with Gasteiger partial charge in [0.25, 0.3) is 0 Å². The van der Waals surface area contributed by atoms with E-state index in [0.29, 0.717) is 5.41 Å². The standard InChI is InChI=1S/C16H19ClN2/c17-14-4-3-13(12-18)15(11-14)19-9-7-16(8-10-19)5-1-2-6-16/h3-4,11H,1-2,5-10H2. The quantitative estimate of drug-likeness (QED) is 0.760. The molecule has 3 heteroatoms. The summed E-state index contributed by atoms with van der Waals surface area (Å²) in [6.07, 6.45) is 8.15. The maximum Gasteiger partial charge on any atom is 0.101 e. The lowest BCUT2D eigenvalue weighted by Gasteiger charge is -2.40. The summed E-state index contributed by atoms with van der Waals surface area (Å²) < 4.78 is 0. The van der Waals surface area contributed by atoms with Crippen LogP contribution in [-0.4, -0.2) is 13.1 Å². The molecule has 0 atom stereocenters. The maximum absolute atomic E-state index is 9.23. The van der Waals surface area contributed by atoms with Crippen molar-refractivity contribution >= 4 is 17.3 Å². The summed E-state index contributed by atoms with van der Waals surface area (Å²) in [6.45, 7) is 2.13. The van der Waals surface area contributed by atoms with Crippen LogP contribution in [0.5, 0.6) is 0 Å². The summed E-state index contributed by atoms with van der Waals surface area (Å²) in [5, 5.41) is 9.94. The maximum atomic E-state index is 9.23. The summed E-state index contributed by atoms with van der Waals surface area (Å²) in [5.41, 5.74) is 2.37. The molecule has 1 heterocycles. The van der Waals surface area contributed by atoms with E-state index in [9.17, 15) is 5.26 Å². The van der Waals surface area contributed by atoms with Gasteiger partial charge in [0, 0.05) is 18.1 Å². The first-order chi connectivity index (χ1) is 9.22. The van der Waals surface area contributed by atoms with E-state index >= 15 is 0 Å². The van der Waals surface area contributed by atoms with E-state index < -0.39 is 0 Å². The number of halogens is 1. The molecule has 1 aromatic rings. The highest BCUT2D eigenvalue weighted by atomic mass is 35.5. The number of rotatable bonds is 1. The highest BCUT2D eigenvalue weighted by Crippen LogP contribution is 2.46.